The molecular weight excluding hydrogens is 262 g/mol. The van der Waals surface area contributed by atoms with Gasteiger partial charge in [-0.3, -0.25) is 0 Å². The van der Waals surface area contributed by atoms with Crippen LogP contribution < -0.4 is 10.1 Å². The SMILES string of the molecule is OCCNCc1ccc(Oc2ccccc2Cl)cc1. The van der Waals surface area contributed by atoms with Crippen LogP contribution in [0.3, 0.4) is 0 Å². The average Bonchev–Trinajstić information content (AvgIpc) is 2.44. The Kier molecular flexibility index (Phi) is 5.21. The predicted molar refractivity (Wildman–Crippen MR) is 76.8 cm³/mol. The summed E-state index contributed by atoms with van der Waals surface area (Å²) in [5, 5.41) is 12.4. The molecule has 0 spiro atoms. The normalized spacial score (nSPS) is 10.4. The van der Waals surface area contributed by atoms with Crippen LogP contribution in [0, 0.1) is 0 Å². The van der Waals surface area contributed by atoms with Gasteiger partial charge in [0.05, 0.1) is 11.6 Å². The zero-order valence-corrected chi connectivity index (χ0v) is 11.2. The highest BCUT2D eigenvalue weighted by atomic mass is 35.5. The van der Waals surface area contributed by atoms with Crippen molar-refractivity contribution >= 4 is 11.6 Å². The van der Waals surface area contributed by atoms with E-state index in [4.69, 9.17) is 21.4 Å². The van der Waals surface area contributed by atoms with Crippen LogP contribution in [0.2, 0.25) is 5.02 Å². The summed E-state index contributed by atoms with van der Waals surface area (Å²) in [6.07, 6.45) is 0. The fourth-order valence-corrected chi connectivity index (χ4v) is 1.82. The van der Waals surface area contributed by atoms with Crippen LogP contribution in [-0.2, 0) is 6.54 Å². The lowest BCUT2D eigenvalue weighted by atomic mass is 10.2. The zero-order chi connectivity index (χ0) is 13.5. The average molecular weight is 278 g/mol. The second-order valence-electron chi connectivity index (χ2n) is 4.08. The lowest BCUT2D eigenvalue weighted by Crippen LogP contribution is -2.17. The maximum absolute atomic E-state index is 8.68. The summed E-state index contributed by atoms with van der Waals surface area (Å²) in [6, 6.07) is 15.1. The maximum Gasteiger partial charge on any atom is 0.146 e. The van der Waals surface area contributed by atoms with Crippen molar-refractivity contribution in [3.63, 3.8) is 0 Å². The molecule has 19 heavy (non-hydrogen) atoms. The molecule has 4 heteroatoms. The molecule has 0 unspecified atom stereocenters. The van der Waals surface area contributed by atoms with Crippen molar-refractivity contribution in [2.24, 2.45) is 0 Å². The second kappa shape index (κ2) is 7.14. The van der Waals surface area contributed by atoms with Gasteiger partial charge in [0.2, 0.25) is 0 Å². The van der Waals surface area contributed by atoms with Gasteiger partial charge < -0.3 is 15.2 Å². The number of hydrogen-bond donors (Lipinski definition) is 2. The van der Waals surface area contributed by atoms with Crippen molar-refractivity contribution in [2.45, 2.75) is 6.54 Å². The number of rotatable bonds is 6. The molecule has 2 N–H and O–H groups in total. The van der Waals surface area contributed by atoms with E-state index in [-0.39, 0.29) is 6.61 Å². The number of aliphatic hydroxyl groups is 1. The number of benzene rings is 2. The quantitative estimate of drug-likeness (QED) is 0.797. The molecule has 0 amide bonds. The van der Waals surface area contributed by atoms with Crippen molar-refractivity contribution in [1.82, 2.24) is 5.32 Å². The minimum atomic E-state index is 0.147. The van der Waals surface area contributed by atoms with E-state index in [2.05, 4.69) is 5.32 Å². The first-order chi connectivity index (χ1) is 9.29. The molecule has 0 radical (unpaired) electrons. The molecule has 3 nitrogen and oxygen atoms in total. The van der Waals surface area contributed by atoms with E-state index in [0.717, 1.165) is 17.9 Å². The summed E-state index contributed by atoms with van der Waals surface area (Å²) in [4.78, 5) is 0. The number of para-hydroxylation sites is 1. The van der Waals surface area contributed by atoms with Crippen molar-refractivity contribution in [3.8, 4) is 11.5 Å². The summed E-state index contributed by atoms with van der Waals surface area (Å²) < 4.78 is 5.70. The van der Waals surface area contributed by atoms with Crippen LogP contribution in [0.1, 0.15) is 5.56 Å². The summed E-state index contributed by atoms with van der Waals surface area (Å²) in [5.41, 5.74) is 1.14. The van der Waals surface area contributed by atoms with Gasteiger partial charge in [-0.05, 0) is 29.8 Å². The van der Waals surface area contributed by atoms with Gasteiger partial charge in [-0.15, -0.1) is 0 Å². The fourth-order valence-electron chi connectivity index (χ4n) is 1.64. The van der Waals surface area contributed by atoms with E-state index in [9.17, 15) is 0 Å². The molecule has 0 atom stereocenters. The van der Waals surface area contributed by atoms with Crippen molar-refractivity contribution in [1.29, 1.82) is 0 Å². The van der Waals surface area contributed by atoms with Crippen LogP contribution >= 0.6 is 11.6 Å². The predicted octanol–water partition coefficient (Wildman–Crippen LogP) is 3.21. The van der Waals surface area contributed by atoms with Gasteiger partial charge in [-0.25, -0.2) is 0 Å². The first kappa shape index (κ1) is 13.9. The van der Waals surface area contributed by atoms with E-state index in [0.29, 0.717) is 17.3 Å². The molecule has 0 aromatic heterocycles. The summed E-state index contributed by atoms with van der Waals surface area (Å²) in [7, 11) is 0. The molecule has 0 heterocycles. The fraction of sp³-hybridized carbons (Fsp3) is 0.200. The first-order valence-electron chi connectivity index (χ1n) is 6.12. The third kappa shape index (κ3) is 4.24. The molecule has 0 bridgehead atoms. The van der Waals surface area contributed by atoms with E-state index in [1.165, 1.54) is 0 Å². The molecule has 0 saturated carbocycles. The molecule has 100 valence electrons. The number of ether oxygens (including phenoxy) is 1. The maximum atomic E-state index is 8.68. The van der Waals surface area contributed by atoms with Crippen LogP contribution in [0.5, 0.6) is 11.5 Å². The van der Waals surface area contributed by atoms with E-state index >= 15 is 0 Å². The highest BCUT2D eigenvalue weighted by Crippen LogP contribution is 2.28. The number of halogens is 1. The van der Waals surface area contributed by atoms with Crippen LogP contribution in [0.15, 0.2) is 48.5 Å². The number of hydrogen-bond acceptors (Lipinski definition) is 3. The third-order valence-electron chi connectivity index (χ3n) is 2.61. The summed E-state index contributed by atoms with van der Waals surface area (Å²) >= 11 is 6.03. The monoisotopic (exact) mass is 277 g/mol. The Hall–Kier alpha value is -1.55. The highest BCUT2D eigenvalue weighted by Gasteiger charge is 2.01. The lowest BCUT2D eigenvalue weighted by Gasteiger charge is -2.08. The number of nitrogens with one attached hydrogen (secondary N) is 1. The minimum Gasteiger partial charge on any atom is -0.456 e. The lowest BCUT2D eigenvalue weighted by molar-refractivity contribution is 0.292. The topological polar surface area (TPSA) is 41.5 Å². The van der Waals surface area contributed by atoms with Crippen LogP contribution in [0.4, 0.5) is 0 Å². The molecule has 2 rings (SSSR count). The Morgan fingerprint density at radius 1 is 1.05 bits per heavy atom. The Bertz CT molecular complexity index is 514. The first-order valence-corrected chi connectivity index (χ1v) is 6.50. The molecular formula is C15H16ClNO2. The third-order valence-corrected chi connectivity index (χ3v) is 2.92. The highest BCUT2D eigenvalue weighted by molar-refractivity contribution is 6.32. The van der Waals surface area contributed by atoms with Crippen molar-refractivity contribution in [2.75, 3.05) is 13.2 Å². The zero-order valence-electron chi connectivity index (χ0n) is 10.5. The molecule has 0 saturated heterocycles. The Morgan fingerprint density at radius 2 is 1.79 bits per heavy atom. The van der Waals surface area contributed by atoms with Gasteiger partial charge in [0, 0.05) is 13.1 Å². The van der Waals surface area contributed by atoms with Gasteiger partial charge in [-0.2, -0.15) is 0 Å². The molecule has 0 aliphatic heterocycles. The second-order valence-corrected chi connectivity index (χ2v) is 4.48. The standard InChI is InChI=1S/C15H16ClNO2/c16-14-3-1-2-4-15(14)19-13-7-5-12(6-8-13)11-17-9-10-18/h1-8,17-18H,9-11H2. The minimum absolute atomic E-state index is 0.147. The van der Waals surface area contributed by atoms with E-state index in [1.54, 1.807) is 6.07 Å². The van der Waals surface area contributed by atoms with Gasteiger partial charge in [0.15, 0.2) is 0 Å². The van der Waals surface area contributed by atoms with E-state index in [1.807, 2.05) is 42.5 Å². The molecule has 0 aliphatic rings. The van der Waals surface area contributed by atoms with E-state index < -0.39 is 0 Å². The van der Waals surface area contributed by atoms with Crippen LogP contribution in [0.25, 0.3) is 0 Å². The smallest absolute Gasteiger partial charge is 0.146 e. The Morgan fingerprint density at radius 3 is 2.47 bits per heavy atom. The molecule has 0 aliphatic carbocycles. The van der Waals surface area contributed by atoms with Crippen LogP contribution in [-0.4, -0.2) is 18.3 Å². The Balaban J connectivity index is 1.97. The van der Waals surface area contributed by atoms with Crippen molar-refractivity contribution < 1.29 is 9.84 Å². The largest absolute Gasteiger partial charge is 0.456 e. The molecule has 0 fully saturated rings. The van der Waals surface area contributed by atoms with Gasteiger partial charge in [0.1, 0.15) is 11.5 Å². The summed E-state index contributed by atoms with van der Waals surface area (Å²) in [6.45, 7) is 1.47. The summed E-state index contributed by atoms with van der Waals surface area (Å²) in [5.74, 6) is 1.40. The Labute approximate surface area is 117 Å². The molecule has 2 aromatic carbocycles. The molecule has 2 aromatic rings. The van der Waals surface area contributed by atoms with Crippen molar-refractivity contribution in [3.05, 3.63) is 59.1 Å². The van der Waals surface area contributed by atoms with Gasteiger partial charge in [-0.1, -0.05) is 35.9 Å². The van der Waals surface area contributed by atoms with Gasteiger partial charge >= 0.3 is 0 Å². The number of aliphatic hydroxyl groups excluding tert-OH is 1. The van der Waals surface area contributed by atoms with Gasteiger partial charge in [0.25, 0.3) is 0 Å².